The van der Waals surface area contributed by atoms with Crippen LogP contribution in [0, 0.1) is 5.82 Å². The third-order valence-corrected chi connectivity index (χ3v) is 5.18. The quantitative estimate of drug-likeness (QED) is 0.471. The molecule has 5 rings (SSSR count). The first kappa shape index (κ1) is 19.5. The van der Waals surface area contributed by atoms with Crippen molar-refractivity contribution in [3.63, 3.8) is 0 Å². The Balaban J connectivity index is 1.39. The number of carbonyl (C=O) groups excluding carboxylic acids is 2. The zero-order valence-corrected chi connectivity index (χ0v) is 16.6. The molecule has 1 saturated heterocycles. The molecule has 1 atom stereocenters. The highest BCUT2D eigenvalue weighted by atomic mass is 19.1. The number of halogens is 1. The number of rotatable bonds is 5. The molecule has 4 aromatic rings. The van der Waals surface area contributed by atoms with E-state index in [0.717, 1.165) is 4.90 Å². The average Bonchev–Trinajstić information content (AvgIpc) is 3.53. The summed E-state index contributed by atoms with van der Waals surface area (Å²) in [5.41, 5.74) is 0.433. The lowest BCUT2D eigenvalue weighted by Gasteiger charge is -2.22. The number of tetrazole rings is 1. The minimum absolute atomic E-state index is 0.0690. The Bertz CT molecular complexity index is 1300. The fourth-order valence-electron chi connectivity index (χ4n) is 3.45. The maximum atomic E-state index is 13.2. The summed E-state index contributed by atoms with van der Waals surface area (Å²) < 4.78 is 19.8. The van der Waals surface area contributed by atoms with Gasteiger partial charge in [0, 0.05) is 5.56 Å². The Morgan fingerprint density at radius 3 is 2.72 bits per heavy atom. The number of carbonyl (C=O) groups is 2. The summed E-state index contributed by atoms with van der Waals surface area (Å²) in [7, 11) is 0. The van der Waals surface area contributed by atoms with Crippen molar-refractivity contribution in [3.05, 3.63) is 72.1 Å². The minimum atomic E-state index is -1.30. The molecule has 0 saturated carbocycles. The van der Waals surface area contributed by atoms with Gasteiger partial charge in [0.2, 0.25) is 11.7 Å². The average molecular weight is 434 g/mol. The van der Waals surface area contributed by atoms with Gasteiger partial charge < -0.3 is 9.84 Å². The second-order valence-corrected chi connectivity index (χ2v) is 7.27. The van der Waals surface area contributed by atoms with Gasteiger partial charge in [0.15, 0.2) is 0 Å². The van der Waals surface area contributed by atoms with Crippen LogP contribution in [0.2, 0.25) is 0 Å². The summed E-state index contributed by atoms with van der Waals surface area (Å²) in [6.45, 7) is 1.41. The Labute approximate surface area is 179 Å². The normalized spacial score (nSPS) is 18.2. The summed E-state index contributed by atoms with van der Waals surface area (Å²) in [6.07, 6.45) is 1.43. The number of urea groups is 1. The predicted octanol–water partition coefficient (Wildman–Crippen LogP) is 1.82. The van der Waals surface area contributed by atoms with Crippen molar-refractivity contribution in [2.75, 3.05) is 0 Å². The molecule has 1 aliphatic heterocycles. The van der Waals surface area contributed by atoms with Crippen LogP contribution in [0.15, 0.2) is 59.4 Å². The Kier molecular flexibility index (Phi) is 4.47. The number of amides is 3. The second kappa shape index (κ2) is 7.34. The molecule has 2 aromatic carbocycles. The van der Waals surface area contributed by atoms with E-state index in [1.165, 1.54) is 35.3 Å². The van der Waals surface area contributed by atoms with Gasteiger partial charge in [0.05, 0.1) is 5.69 Å². The fraction of sp³-hybridized carbons (Fsp3) is 0.150. The minimum Gasteiger partial charge on any atom is -0.337 e. The Morgan fingerprint density at radius 1 is 1.16 bits per heavy atom. The molecule has 160 valence electrons. The van der Waals surface area contributed by atoms with Crippen molar-refractivity contribution in [2.24, 2.45) is 0 Å². The first-order valence-electron chi connectivity index (χ1n) is 9.50. The highest BCUT2D eigenvalue weighted by Crippen LogP contribution is 2.31. The summed E-state index contributed by atoms with van der Waals surface area (Å²) in [5.74, 6) is -0.568. The van der Waals surface area contributed by atoms with E-state index in [1.54, 1.807) is 31.2 Å². The van der Waals surface area contributed by atoms with Crippen LogP contribution >= 0.6 is 0 Å². The summed E-state index contributed by atoms with van der Waals surface area (Å²) in [5, 5.41) is 17.6. The first-order valence-corrected chi connectivity index (χ1v) is 9.50. The molecule has 0 spiro atoms. The predicted molar refractivity (Wildman–Crippen MR) is 105 cm³/mol. The number of hydrogen-bond donors (Lipinski definition) is 1. The Morgan fingerprint density at radius 2 is 1.97 bits per heavy atom. The van der Waals surface area contributed by atoms with Crippen LogP contribution in [0.1, 0.15) is 18.4 Å². The van der Waals surface area contributed by atoms with E-state index in [-0.39, 0.29) is 24.1 Å². The molecule has 0 aliphatic carbocycles. The molecule has 2 aromatic heterocycles. The van der Waals surface area contributed by atoms with Gasteiger partial charge in [-0.15, -0.1) is 5.10 Å². The second-order valence-electron chi connectivity index (χ2n) is 7.27. The lowest BCUT2D eigenvalue weighted by Crippen LogP contribution is -2.40. The highest BCUT2D eigenvalue weighted by Gasteiger charge is 2.49. The zero-order chi connectivity index (χ0) is 22.3. The van der Waals surface area contributed by atoms with E-state index in [0.29, 0.717) is 16.8 Å². The zero-order valence-electron chi connectivity index (χ0n) is 16.6. The van der Waals surface area contributed by atoms with Crippen LogP contribution in [-0.4, -0.2) is 47.2 Å². The molecule has 11 nitrogen and oxygen atoms in total. The Hall–Kier alpha value is -4.48. The molecule has 12 heteroatoms. The van der Waals surface area contributed by atoms with Crippen molar-refractivity contribution < 1.29 is 18.5 Å². The van der Waals surface area contributed by atoms with Crippen molar-refractivity contribution in [1.82, 2.24) is 40.6 Å². The van der Waals surface area contributed by atoms with Crippen molar-refractivity contribution >= 4 is 11.9 Å². The molecule has 1 N–H and O–H groups in total. The maximum Gasteiger partial charge on any atom is 0.325 e. The van der Waals surface area contributed by atoms with Gasteiger partial charge in [-0.2, -0.15) is 4.98 Å². The maximum absolute atomic E-state index is 13.2. The van der Waals surface area contributed by atoms with E-state index in [4.69, 9.17) is 4.52 Å². The van der Waals surface area contributed by atoms with Crippen LogP contribution in [0.4, 0.5) is 9.18 Å². The molecule has 1 aliphatic rings. The lowest BCUT2D eigenvalue weighted by molar-refractivity contribution is -0.131. The standard InChI is InChI=1S/C20H15FN8O3/c1-20(13-3-2-4-15(9-13)29-11-22-26-27-29)18(30)28(19(31)24-20)10-16-23-17(25-32-16)12-5-7-14(21)8-6-12/h2-9,11H,10H2,1H3,(H,24,31)/t20-/m1/s1. The first-order chi connectivity index (χ1) is 15.4. The van der Waals surface area contributed by atoms with E-state index in [2.05, 4.69) is 31.0 Å². The van der Waals surface area contributed by atoms with Crippen LogP contribution in [-0.2, 0) is 16.9 Å². The van der Waals surface area contributed by atoms with Crippen molar-refractivity contribution in [2.45, 2.75) is 19.0 Å². The number of hydrogen-bond acceptors (Lipinski definition) is 8. The van der Waals surface area contributed by atoms with Gasteiger partial charge >= 0.3 is 6.03 Å². The van der Waals surface area contributed by atoms with E-state index in [1.807, 2.05) is 0 Å². The number of benzene rings is 2. The molecule has 0 unspecified atom stereocenters. The molecular weight excluding hydrogens is 419 g/mol. The molecule has 0 radical (unpaired) electrons. The molecule has 0 bridgehead atoms. The molecule has 1 fully saturated rings. The largest absolute Gasteiger partial charge is 0.337 e. The van der Waals surface area contributed by atoms with Gasteiger partial charge in [-0.1, -0.05) is 17.3 Å². The molecule has 3 amide bonds. The van der Waals surface area contributed by atoms with Gasteiger partial charge in [0.25, 0.3) is 5.91 Å². The summed E-state index contributed by atoms with van der Waals surface area (Å²) in [6, 6.07) is 11.9. The van der Waals surface area contributed by atoms with Crippen molar-refractivity contribution in [3.8, 4) is 17.1 Å². The number of imide groups is 1. The SMILES string of the molecule is C[C@]1(c2cccc(-n3cnnn3)c2)NC(=O)N(Cc2nc(-c3ccc(F)cc3)no2)C1=O. The summed E-state index contributed by atoms with van der Waals surface area (Å²) in [4.78, 5) is 31.1. The van der Waals surface area contributed by atoms with Crippen molar-refractivity contribution in [1.29, 1.82) is 0 Å². The van der Waals surface area contributed by atoms with Gasteiger partial charge in [-0.05, 0) is 59.3 Å². The van der Waals surface area contributed by atoms with Gasteiger partial charge in [-0.3, -0.25) is 9.69 Å². The van der Waals surface area contributed by atoms with E-state index >= 15 is 0 Å². The molecule has 3 heterocycles. The third kappa shape index (κ3) is 3.27. The number of nitrogens with one attached hydrogen (secondary N) is 1. The van der Waals surface area contributed by atoms with Gasteiger partial charge in [-0.25, -0.2) is 13.9 Å². The molecule has 32 heavy (non-hydrogen) atoms. The third-order valence-electron chi connectivity index (χ3n) is 5.18. The van der Waals surface area contributed by atoms with Crippen LogP contribution in [0.5, 0.6) is 0 Å². The van der Waals surface area contributed by atoms with Crippen LogP contribution < -0.4 is 5.32 Å². The van der Waals surface area contributed by atoms with Gasteiger partial charge in [0.1, 0.15) is 24.2 Å². The summed E-state index contributed by atoms with van der Waals surface area (Å²) >= 11 is 0. The topological polar surface area (TPSA) is 132 Å². The number of nitrogens with zero attached hydrogens (tertiary/aromatic N) is 7. The highest BCUT2D eigenvalue weighted by molar-refractivity contribution is 6.07. The van der Waals surface area contributed by atoms with E-state index in [9.17, 15) is 14.0 Å². The number of aromatic nitrogens is 6. The lowest BCUT2D eigenvalue weighted by atomic mass is 9.91. The van der Waals surface area contributed by atoms with E-state index < -0.39 is 17.5 Å². The fourth-order valence-corrected chi connectivity index (χ4v) is 3.45. The monoisotopic (exact) mass is 434 g/mol. The molecular formula is C20H15FN8O3. The van der Waals surface area contributed by atoms with Crippen LogP contribution in [0.3, 0.4) is 0 Å². The van der Waals surface area contributed by atoms with Crippen LogP contribution in [0.25, 0.3) is 17.1 Å². The smallest absolute Gasteiger partial charge is 0.325 e.